The van der Waals surface area contributed by atoms with Crippen molar-refractivity contribution in [2.45, 2.75) is 19.5 Å². The van der Waals surface area contributed by atoms with Crippen LogP contribution in [0.25, 0.3) is 6.08 Å². The topological polar surface area (TPSA) is 25.4 Å². The first-order valence-electron chi connectivity index (χ1n) is 7.25. The number of methoxy groups -OCH3 is 1. The summed E-state index contributed by atoms with van der Waals surface area (Å²) < 4.78 is 5.20. The van der Waals surface area contributed by atoms with Crippen LogP contribution in [0.15, 0.2) is 43.0 Å². The van der Waals surface area contributed by atoms with Crippen molar-refractivity contribution in [2.75, 3.05) is 13.7 Å². The summed E-state index contributed by atoms with van der Waals surface area (Å²) in [7, 11) is 1.70. The molecule has 0 spiro atoms. The van der Waals surface area contributed by atoms with Gasteiger partial charge < -0.3 is 4.74 Å². The van der Waals surface area contributed by atoms with Crippen molar-refractivity contribution < 1.29 is 4.74 Å². The van der Waals surface area contributed by atoms with Crippen molar-refractivity contribution >= 4 is 6.08 Å². The lowest BCUT2D eigenvalue weighted by atomic mass is 10.0. The van der Waals surface area contributed by atoms with Crippen molar-refractivity contribution in [1.82, 2.24) is 9.88 Å². The molecule has 108 valence electrons. The van der Waals surface area contributed by atoms with Gasteiger partial charge in [0, 0.05) is 31.7 Å². The molecule has 1 aromatic carbocycles. The first kappa shape index (κ1) is 13.8. The lowest BCUT2D eigenvalue weighted by Crippen LogP contribution is -2.30. The molecule has 0 N–H and O–H groups in total. The maximum atomic E-state index is 5.20. The molecule has 2 heterocycles. The Labute approximate surface area is 125 Å². The lowest BCUT2D eigenvalue weighted by Gasteiger charge is -2.28. The van der Waals surface area contributed by atoms with E-state index in [1.54, 1.807) is 7.11 Å². The fourth-order valence-corrected chi connectivity index (χ4v) is 2.73. The van der Waals surface area contributed by atoms with Gasteiger partial charge in [0.1, 0.15) is 5.75 Å². The average Bonchev–Trinajstić information content (AvgIpc) is 2.55. The van der Waals surface area contributed by atoms with E-state index < -0.39 is 0 Å². The molecule has 3 rings (SSSR count). The first-order chi connectivity index (χ1) is 10.3. The molecule has 3 nitrogen and oxygen atoms in total. The van der Waals surface area contributed by atoms with Crippen molar-refractivity contribution in [1.29, 1.82) is 0 Å². The summed E-state index contributed by atoms with van der Waals surface area (Å²) in [4.78, 5) is 7.09. The second kappa shape index (κ2) is 6.10. The standard InChI is InChI=1S/C18H20N2O/c1-3-16-7-6-15-13-20(11-10-18(15)19-16)12-14-4-8-17(21-2)9-5-14/h3-9H,1,10-13H2,2H3. The minimum absolute atomic E-state index is 0.906. The van der Waals surface area contributed by atoms with E-state index in [1.807, 2.05) is 24.3 Å². The van der Waals surface area contributed by atoms with Crippen LogP contribution in [-0.2, 0) is 19.5 Å². The fraction of sp³-hybridized carbons (Fsp3) is 0.278. The van der Waals surface area contributed by atoms with Gasteiger partial charge in [0.15, 0.2) is 0 Å². The van der Waals surface area contributed by atoms with Crippen molar-refractivity contribution in [3.05, 3.63) is 65.5 Å². The molecule has 0 fully saturated rings. The zero-order valence-electron chi connectivity index (χ0n) is 12.4. The SMILES string of the molecule is C=Cc1ccc2c(n1)CCN(Cc1ccc(OC)cc1)C2. The molecule has 0 amide bonds. The molecule has 0 saturated heterocycles. The molecule has 1 aliphatic rings. The van der Waals surface area contributed by atoms with Gasteiger partial charge in [-0.05, 0) is 35.4 Å². The monoisotopic (exact) mass is 280 g/mol. The minimum atomic E-state index is 0.906. The highest BCUT2D eigenvalue weighted by Crippen LogP contribution is 2.20. The predicted molar refractivity (Wildman–Crippen MR) is 85.1 cm³/mol. The summed E-state index contributed by atoms with van der Waals surface area (Å²) in [6, 6.07) is 12.5. The van der Waals surface area contributed by atoms with Gasteiger partial charge in [-0.2, -0.15) is 0 Å². The van der Waals surface area contributed by atoms with Gasteiger partial charge in [0.2, 0.25) is 0 Å². The summed E-state index contributed by atoms with van der Waals surface area (Å²) >= 11 is 0. The Morgan fingerprint density at radius 1 is 1.24 bits per heavy atom. The third kappa shape index (κ3) is 3.14. The quantitative estimate of drug-likeness (QED) is 0.859. The Hall–Kier alpha value is -2.13. The van der Waals surface area contributed by atoms with E-state index in [4.69, 9.17) is 4.74 Å². The number of benzene rings is 1. The van der Waals surface area contributed by atoms with Gasteiger partial charge in [0.25, 0.3) is 0 Å². The molecule has 21 heavy (non-hydrogen) atoms. The largest absolute Gasteiger partial charge is 0.497 e. The van der Waals surface area contributed by atoms with Crippen LogP contribution in [-0.4, -0.2) is 23.5 Å². The summed E-state index contributed by atoms with van der Waals surface area (Å²) in [6.45, 7) is 6.76. The van der Waals surface area contributed by atoms with E-state index in [2.05, 4.69) is 34.7 Å². The van der Waals surface area contributed by atoms with Gasteiger partial charge in [-0.3, -0.25) is 9.88 Å². The molecule has 0 unspecified atom stereocenters. The van der Waals surface area contributed by atoms with Gasteiger partial charge >= 0.3 is 0 Å². The normalized spacial score (nSPS) is 14.5. The third-order valence-corrected chi connectivity index (χ3v) is 3.92. The molecule has 1 aliphatic heterocycles. The van der Waals surface area contributed by atoms with Crippen molar-refractivity contribution in [3.63, 3.8) is 0 Å². The maximum absolute atomic E-state index is 5.20. The number of pyridine rings is 1. The van der Waals surface area contributed by atoms with Crippen LogP contribution in [0.4, 0.5) is 0 Å². The Morgan fingerprint density at radius 3 is 2.76 bits per heavy atom. The number of fused-ring (bicyclic) bond motifs is 1. The van der Waals surface area contributed by atoms with Crippen molar-refractivity contribution in [3.8, 4) is 5.75 Å². The summed E-state index contributed by atoms with van der Waals surface area (Å²) in [5, 5.41) is 0. The Balaban J connectivity index is 1.69. The van der Waals surface area contributed by atoms with E-state index >= 15 is 0 Å². The highest BCUT2D eigenvalue weighted by atomic mass is 16.5. The second-order valence-corrected chi connectivity index (χ2v) is 5.35. The number of hydrogen-bond acceptors (Lipinski definition) is 3. The molecule has 0 aliphatic carbocycles. The molecule has 0 radical (unpaired) electrons. The molecule has 2 aromatic rings. The summed E-state index contributed by atoms with van der Waals surface area (Å²) in [5.41, 5.74) is 4.84. The van der Waals surface area contributed by atoms with E-state index in [0.717, 1.165) is 37.5 Å². The van der Waals surface area contributed by atoms with Crippen LogP contribution in [0.2, 0.25) is 0 Å². The number of ether oxygens (including phenoxy) is 1. The van der Waals surface area contributed by atoms with Gasteiger partial charge in [-0.1, -0.05) is 24.8 Å². The Kier molecular flexibility index (Phi) is 4.02. The van der Waals surface area contributed by atoms with E-state index in [9.17, 15) is 0 Å². The minimum Gasteiger partial charge on any atom is -0.497 e. The lowest BCUT2D eigenvalue weighted by molar-refractivity contribution is 0.243. The molecule has 3 heteroatoms. The van der Waals surface area contributed by atoms with Crippen LogP contribution >= 0.6 is 0 Å². The molecular formula is C18H20N2O. The maximum Gasteiger partial charge on any atom is 0.118 e. The van der Waals surface area contributed by atoms with Crippen LogP contribution in [0.5, 0.6) is 5.75 Å². The number of aromatic nitrogens is 1. The zero-order valence-corrected chi connectivity index (χ0v) is 12.4. The van der Waals surface area contributed by atoms with Crippen LogP contribution < -0.4 is 4.74 Å². The Bertz CT molecular complexity index is 634. The fourth-order valence-electron chi connectivity index (χ4n) is 2.73. The van der Waals surface area contributed by atoms with E-state index in [-0.39, 0.29) is 0 Å². The first-order valence-corrected chi connectivity index (χ1v) is 7.25. The molecule has 1 aromatic heterocycles. The molecule has 0 saturated carbocycles. The molecular weight excluding hydrogens is 260 g/mol. The average molecular weight is 280 g/mol. The number of rotatable bonds is 4. The van der Waals surface area contributed by atoms with Crippen LogP contribution in [0.3, 0.4) is 0 Å². The second-order valence-electron chi connectivity index (χ2n) is 5.35. The van der Waals surface area contributed by atoms with Crippen LogP contribution in [0, 0.1) is 0 Å². The van der Waals surface area contributed by atoms with E-state index in [0.29, 0.717) is 0 Å². The highest BCUT2D eigenvalue weighted by molar-refractivity contribution is 5.43. The van der Waals surface area contributed by atoms with Gasteiger partial charge in [-0.25, -0.2) is 0 Å². The number of hydrogen-bond donors (Lipinski definition) is 0. The van der Waals surface area contributed by atoms with Gasteiger partial charge in [-0.15, -0.1) is 0 Å². The van der Waals surface area contributed by atoms with E-state index in [1.165, 1.54) is 16.8 Å². The third-order valence-electron chi connectivity index (χ3n) is 3.92. The van der Waals surface area contributed by atoms with Gasteiger partial charge in [0.05, 0.1) is 12.8 Å². The zero-order chi connectivity index (χ0) is 14.7. The summed E-state index contributed by atoms with van der Waals surface area (Å²) in [5.74, 6) is 0.906. The summed E-state index contributed by atoms with van der Waals surface area (Å²) in [6.07, 6.45) is 2.82. The molecule has 0 atom stereocenters. The smallest absolute Gasteiger partial charge is 0.118 e. The van der Waals surface area contributed by atoms with Crippen molar-refractivity contribution in [2.24, 2.45) is 0 Å². The predicted octanol–water partition coefficient (Wildman–Crippen LogP) is 3.29. The Morgan fingerprint density at radius 2 is 2.05 bits per heavy atom. The molecule has 0 bridgehead atoms. The highest BCUT2D eigenvalue weighted by Gasteiger charge is 2.17. The van der Waals surface area contributed by atoms with Crippen LogP contribution in [0.1, 0.15) is 22.5 Å². The number of nitrogens with zero attached hydrogens (tertiary/aromatic N) is 2.